The molecule has 5 heteroatoms. The summed E-state index contributed by atoms with van der Waals surface area (Å²) in [6.07, 6.45) is 1.05. The molecule has 0 unspecified atom stereocenters. The summed E-state index contributed by atoms with van der Waals surface area (Å²) >= 11 is 0. The first-order valence-electron chi connectivity index (χ1n) is 3.63. The molecule has 1 rings (SSSR count). The van der Waals surface area contributed by atoms with Crippen LogP contribution >= 0.6 is 0 Å². The molecule has 0 aliphatic carbocycles. The maximum Gasteiger partial charge on any atom is 0.175 e. The molecule has 14 heavy (non-hydrogen) atoms. The van der Waals surface area contributed by atoms with E-state index in [1.54, 1.807) is 6.07 Å². The molecule has 0 saturated heterocycles. The van der Waals surface area contributed by atoms with Gasteiger partial charge in [0.2, 0.25) is 0 Å². The molecule has 70 valence electrons. The molecule has 0 aromatic heterocycles. The van der Waals surface area contributed by atoms with Gasteiger partial charge >= 0.3 is 0 Å². The van der Waals surface area contributed by atoms with Crippen LogP contribution in [0.25, 0.3) is 0 Å². The van der Waals surface area contributed by atoms with E-state index in [4.69, 9.17) is 10.5 Å². The quantitative estimate of drug-likeness (QED) is 0.681. The Morgan fingerprint density at radius 3 is 2.14 bits per heavy atom. The van der Waals surface area contributed by atoms with E-state index in [1.807, 2.05) is 6.07 Å². The number of hydrogen-bond donors (Lipinski definition) is 0. The average Bonchev–Trinajstić information content (AvgIpc) is 2.15. The maximum atomic E-state index is 11.1. The van der Waals surface area contributed by atoms with Crippen molar-refractivity contribution in [1.29, 1.82) is 10.5 Å². The van der Waals surface area contributed by atoms with Crippen molar-refractivity contribution in [2.75, 3.05) is 6.26 Å². The summed E-state index contributed by atoms with van der Waals surface area (Å²) in [5, 5.41) is 17.2. The van der Waals surface area contributed by atoms with Crippen LogP contribution in [0.1, 0.15) is 11.1 Å². The standard InChI is InChI=1S/C9H6N2O2S/c1-14(12,13)9-3-2-7(5-10)8(4-9)6-11/h2-4H,1H3. The zero-order chi connectivity index (χ0) is 10.8. The fourth-order valence-electron chi connectivity index (χ4n) is 0.944. The van der Waals surface area contributed by atoms with Crippen LogP contribution < -0.4 is 0 Å². The summed E-state index contributed by atoms with van der Waals surface area (Å²) in [7, 11) is -3.32. The van der Waals surface area contributed by atoms with Crippen LogP contribution in [0.4, 0.5) is 0 Å². The summed E-state index contributed by atoms with van der Waals surface area (Å²) in [5.74, 6) is 0. The van der Waals surface area contributed by atoms with Crippen molar-refractivity contribution in [3.8, 4) is 12.1 Å². The number of nitriles is 2. The van der Waals surface area contributed by atoms with E-state index < -0.39 is 9.84 Å². The Morgan fingerprint density at radius 1 is 1.14 bits per heavy atom. The zero-order valence-electron chi connectivity index (χ0n) is 7.35. The number of nitrogens with zero attached hydrogens (tertiary/aromatic N) is 2. The van der Waals surface area contributed by atoms with Crippen LogP contribution in [0, 0.1) is 22.7 Å². The van der Waals surface area contributed by atoms with Gasteiger partial charge in [0.1, 0.15) is 12.1 Å². The predicted octanol–water partition coefficient (Wildman–Crippen LogP) is 0.833. The third kappa shape index (κ3) is 1.90. The largest absolute Gasteiger partial charge is 0.224 e. The monoisotopic (exact) mass is 206 g/mol. The van der Waals surface area contributed by atoms with Gasteiger partial charge in [-0.1, -0.05) is 0 Å². The maximum absolute atomic E-state index is 11.1. The van der Waals surface area contributed by atoms with E-state index in [0.29, 0.717) is 0 Å². The Balaban J connectivity index is 3.47. The summed E-state index contributed by atoms with van der Waals surface area (Å²) < 4.78 is 22.2. The molecule has 0 N–H and O–H groups in total. The molecule has 0 saturated carbocycles. The van der Waals surface area contributed by atoms with Gasteiger partial charge in [-0.25, -0.2) is 8.42 Å². The summed E-state index contributed by atoms with van der Waals surface area (Å²) in [4.78, 5) is 0.0491. The Hall–Kier alpha value is -1.85. The van der Waals surface area contributed by atoms with Crippen molar-refractivity contribution in [1.82, 2.24) is 0 Å². The minimum absolute atomic E-state index is 0.0491. The SMILES string of the molecule is CS(=O)(=O)c1ccc(C#N)c(C#N)c1. The lowest BCUT2D eigenvalue weighted by Gasteiger charge is -1.99. The van der Waals surface area contributed by atoms with Crippen molar-refractivity contribution in [3.63, 3.8) is 0 Å². The molecule has 0 spiro atoms. The van der Waals surface area contributed by atoms with Gasteiger partial charge in [0.05, 0.1) is 16.0 Å². The van der Waals surface area contributed by atoms with E-state index in [1.165, 1.54) is 18.2 Å². The van der Waals surface area contributed by atoms with Crippen molar-refractivity contribution < 1.29 is 8.42 Å². The second-order valence-corrected chi connectivity index (χ2v) is 4.72. The molecule has 0 aliphatic heterocycles. The molecule has 0 bridgehead atoms. The Bertz CT molecular complexity index is 547. The fourth-order valence-corrected chi connectivity index (χ4v) is 1.59. The van der Waals surface area contributed by atoms with Crippen molar-refractivity contribution >= 4 is 9.84 Å². The van der Waals surface area contributed by atoms with Crippen LogP contribution in [0.15, 0.2) is 23.1 Å². The lowest BCUT2D eigenvalue weighted by Crippen LogP contribution is -1.98. The highest BCUT2D eigenvalue weighted by Crippen LogP contribution is 2.14. The first kappa shape index (κ1) is 10.2. The van der Waals surface area contributed by atoms with E-state index in [9.17, 15) is 8.42 Å². The first-order chi connectivity index (χ1) is 6.49. The van der Waals surface area contributed by atoms with Gasteiger partial charge in [0.15, 0.2) is 9.84 Å². The molecule has 1 aromatic carbocycles. The van der Waals surface area contributed by atoms with Crippen molar-refractivity contribution in [3.05, 3.63) is 29.3 Å². The minimum Gasteiger partial charge on any atom is -0.224 e. The van der Waals surface area contributed by atoms with Crippen LogP contribution in [-0.2, 0) is 9.84 Å². The molecule has 0 atom stereocenters. The van der Waals surface area contributed by atoms with Crippen LogP contribution in [-0.4, -0.2) is 14.7 Å². The van der Waals surface area contributed by atoms with E-state index in [2.05, 4.69) is 0 Å². The molecule has 1 aromatic rings. The van der Waals surface area contributed by atoms with Crippen LogP contribution in [0.5, 0.6) is 0 Å². The third-order valence-corrected chi connectivity index (χ3v) is 2.77. The Morgan fingerprint density at radius 2 is 1.71 bits per heavy atom. The van der Waals surface area contributed by atoms with Crippen LogP contribution in [0.3, 0.4) is 0 Å². The van der Waals surface area contributed by atoms with E-state index in [-0.39, 0.29) is 16.0 Å². The molecule has 0 heterocycles. The van der Waals surface area contributed by atoms with Gasteiger partial charge < -0.3 is 0 Å². The second kappa shape index (κ2) is 3.49. The minimum atomic E-state index is -3.32. The van der Waals surface area contributed by atoms with Gasteiger partial charge in [-0.2, -0.15) is 10.5 Å². The van der Waals surface area contributed by atoms with Crippen LogP contribution in [0.2, 0.25) is 0 Å². The Labute approximate surface area is 81.9 Å². The lowest BCUT2D eigenvalue weighted by molar-refractivity contribution is 0.602. The molecule has 4 nitrogen and oxygen atoms in total. The molecular weight excluding hydrogens is 200 g/mol. The second-order valence-electron chi connectivity index (χ2n) is 2.70. The van der Waals surface area contributed by atoms with Crippen molar-refractivity contribution in [2.24, 2.45) is 0 Å². The van der Waals surface area contributed by atoms with Gasteiger partial charge in [-0.05, 0) is 18.2 Å². The predicted molar refractivity (Wildman–Crippen MR) is 49.0 cm³/mol. The molecule has 0 aliphatic rings. The normalized spacial score (nSPS) is 10.2. The molecule has 0 fully saturated rings. The number of sulfone groups is 1. The average molecular weight is 206 g/mol. The van der Waals surface area contributed by atoms with Crippen molar-refractivity contribution in [2.45, 2.75) is 4.90 Å². The topological polar surface area (TPSA) is 81.7 Å². The third-order valence-electron chi connectivity index (χ3n) is 1.66. The first-order valence-corrected chi connectivity index (χ1v) is 5.52. The summed E-state index contributed by atoms with van der Waals surface area (Å²) in [5.41, 5.74) is 0.260. The highest BCUT2D eigenvalue weighted by atomic mass is 32.2. The summed E-state index contributed by atoms with van der Waals surface area (Å²) in [6, 6.07) is 7.42. The van der Waals surface area contributed by atoms with Gasteiger partial charge in [0, 0.05) is 6.26 Å². The smallest absolute Gasteiger partial charge is 0.175 e. The number of rotatable bonds is 1. The number of benzene rings is 1. The summed E-state index contributed by atoms with van der Waals surface area (Å²) in [6.45, 7) is 0. The molecule has 0 radical (unpaired) electrons. The van der Waals surface area contributed by atoms with E-state index in [0.717, 1.165) is 6.26 Å². The highest BCUT2D eigenvalue weighted by Gasteiger charge is 2.10. The highest BCUT2D eigenvalue weighted by molar-refractivity contribution is 7.90. The lowest BCUT2D eigenvalue weighted by atomic mass is 10.1. The molecular formula is C9H6N2O2S. The molecule has 0 amide bonds. The fraction of sp³-hybridized carbons (Fsp3) is 0.111. The van der Waals surface area contributed by atoms with E-state index >= 15 is 0 Å². The number of hydrogen-bond acceptors (Lipinski definition) is 4. The van der Waals surface area contributed by atoms with Gasteiger partial charge in [-0.15, -0.1) is 0 Å². The Kier molecular flexibility index (Phi) is 2.55. The zero-order valence-corrected chi connectivity index (χ0v) is 8.17. The van der Waals surface area contributed by atoms with Gasteiger partial charge in [-0.3, -0.25) is 0 Å². The van der Waals surface area contributed by atoms with Gasteiger partial charge in [0.25, 0.3) is 0 Å².